The maximum absolute atomic E-state index is 13.2. The van der Waals surface area contributed by atoms with E-state index in [1.165, 1.54) is 12.0 Å². The summed E-state index contributed by atoms with van der Waals surface area (Å²) in [5.41, 5.74) is 6.73. The highest BCUT2D eigenvalue weighted by molar-refractivity contribution is 6.04. The third kappa shape index (κ3) is 5.98. The number of benzene rings is 1. The summed E-state index contributed by atoms with van der Waals surface area (Å²) in [4.78, 5) is 33.2. The third-order valence-electron chi connectivity index (χ3n) is 6.66. The Morgan fingerprint density at radius 2 is 1.95 bits per heavy atom. The van der Waals surface area contributed by atoms with Crippen molar-refractivity contribution < 1.29 is 4.79 Å². The van der Waals surface area contributed by atoms with Crippen molar-refractivity contribution in [1.29, 1.82) is 0 Å². The molecule has 1 fully saturated rings. The number of hydrogen-bond acceptors (Lipinski definition) is 7. The molecule has 5 rings (SSSR count). The van der Waals surface area contributed by atoms with Crippen LogP contribution in [0, 0.1) is 13.8 Å². The summed E-state index contributed by atoms with van der Waals surface area (Å²) < 4.78 is 0. The fourth-order valence-corrected chi connectivity index (χ4v) is 4.76. The molecule has 1 saturated heterocycles. The molecule has 0 radical (unpaired) electrons. The number of aryl methyl sites for hydroxylation is 2. The van der Waals surface area contributed by atoms with Crippen LogP contribution in [0.5, 0.6) is 0 Å². The fraction of sp³-hybridized carbons (Fsp3) is 0.276. The van der Waals surface area contributed by atoms with Crippen LogP contribution < -0.4 is 10.6 Å². The maximum atomic E-state index is 13.2. The van der Waals surface area contributed by atoms with Gasteiger partial charge in [0.25, 0.3) is 5.91 Å². The molecule has 0 aliphatic carbocycles. The van der Waals surface area contributed by atoms with E-state index in [9.17, 15) is 4.79 Å². The van der Waals surface area contributed by atoms with Crippen LogP contribution in [0.3, 0.4) is 0 Å². The first kappa shape index (κ1) is 24.5. The highest BCUT2D eigenvalue weighted by atomic mass is 16.1. The molecule has 4 aromatic rings. The van der Waals surface area contributed by atoms with Crippen LogP contribution in [0.4, 0.5) is 17.3 Å². The van der Waals surface area contributed by atoms with Crippen LogP contribution >= 0.6 is 0 Å². The zero-order chi connectivity index (χ0) is 25.8. The molecular weight excluding hydrogens is 462 g/mol. The molecule has 1 aliphatic rings. The van der Waals surface area contributed by atoms with E-state index in [1.807, 2.05) is 50.2 Å². The Bertz CT molecular complexity index is 1410. The molecule has 188 valence electrons. The van der Waals surface area contributed by atoms with Gasteiger partial charge in [0.2, 0.25) is 5.95 Å². The second kappa shape index (κ2) is 10.8. The number of amides is 1. The van der Waals surface area contributed by atoms with Gasteiger partial charge >= 0.3 is 0 Å². The van der Waals surface area contributed by atoms with E-state index in [0.717, 1.165) is 47.7 Å². The molecule has 2 N–H and O–H groups in total. The van der Waals surface area contributed by atoms with Crippen molar-refractivity contribution in [2.45, 2.75) is 32.6 Å². The lowest BCUT2D eigenvalue weighted by Crippen LogP contribution is -2.31. The van der Waals surface area contributed by atoms with Crippen LogP contribution in [0.1, 0.15) is 45.9 Å². The highest BCUT2D eigenvalue weighted by Crippen LogP contribution is 2.28. The molecule has 1 aromatic carbocycles. The summed E-state index contributed by atoms with van der Waals surface area (Å²) in [5, 5.41) is 6.25. The number of nitrogens with zero attached hydrogens (tertiary/aromatic N) is 5. The molecule has 8 heteroatoms. The molecule has 0 spiro atoms. The van der Waals surface area contributed by atoms with Crippen molar-refractivity contribution in [1.82, 2.24) is 24.8 Å². The van der Waals surface area contributed by atoms with Gasteiger partial charge in [0.05, 0.1) is 29.0 Å². The Kier molecular flexibility index (Phi) is 7.18. The minimum absolute atomic E-state index is 0.152. The second-order valence-electron chi connectivity index (χ2n) is 9.68. The molecule has 37 heavy (non-hydrogen) atoms. The Labute approximate surface area is 217 Å². The van der Waals surface area contributed by atoms with Crippen LogP contribution in [-0.4, -0.2) is 50.9 Å². The largest absolute Gasteiger partial charge is 0.322 e. The normalized spacial score (nSPS) is 15.8. The van der Waals surface area contributed by atoms with Crippen molar-refractivity contribution in [3.8, 4) is 11.3 Å². The first-order valence-electron chi connectivity index (χ1n) is 12.5. The average molecular weight is 494 g/mol. The topological polar surface area (TPSA) is 95.9 Å². The quantitative estimate of drug-likeness (QED) is 0.373. The van der Waals surface area contributed by atoms with Gasteiger partial charge in [0.1, 0.15) is 0 Å². The Balaban J connectivity index is 1.33. The van der Waals surface area contributed by atoms with Crippen molar-refractivity contribution in [3.63, 3.8) is 0 Å². The molecule has 1 unspecified atom stereocenters. The lowest BCUT2D eigenvalue weighted by Gasteiger charge is -2.30. The number of likely N-dealkylation sites (N-methyl/N-ethyl adjacent to an activating group) is 1. The summed E-state index contributed by atoms with van der Waals surface area (Å²) in [6, 6.07) is 13.7. The van der Waals surface area contributed by atoms with Gasteiger partial charge in [-0.3, -0.25) is 14.8 Å². The summed E-state index contributed by atoms with van der Waals surface area (Å²) >= 11 is 0. The molecule has 1 atom stereocenters. The first-order chi connectivity index (χ1) is 17.9. The highest BCUT2D eigenvalue weighted by Gasteiger charge is 2.20. The first-order valence-corrected chi connectivity index (χ1v) is 12.5. The second-order valence-corrected chi connectivity index (χ2v) is 9.68. The summed E-state index contributed by atoms with van der Waals surface area (Å²) in [7, 11) is 2.16. The number of anilines is 3. The van der Waals surface area contributed by atoms with Crippen LogP contribution in [0.2, 0.25) is 0 Å². The molecule has 3 aromatic heterocycles. The fourth-order valence-electron chi connectivity index (χ4n) is 4.76. The lowest BCUT2D eigenvalue weighted by molar-refractivity contribution is 0.102. The molecule has 4 heterocycles. The number of rotatable bonds is 6. The number of piperidine rings is 1. The van der Waals surface area contributed by atoms with E-state index in [-0.39, 0.29) is 5.91 Å². The summed E-state index contributed by atoms with van der Waals surface area (Å²) in [6.07, 6.45) is 9.18. The van der Waals surface area contributed by atoms with Gasteiger partial charge in [0, 0.05) is 36.3 Å². The van der Waals surface area contributed by atoms with Crippen LogP contribution in [0.15, 0.2) is 67.3 Å². The van der Waals surface area contributed by atoms with E-state index in [0.29, 0.717) is 23.1 Å². The van der Waals surface area contributed by atoms with E-state index in [1.54, 1.807) is 24.8 Å². The Morgan fingerprint density at radius 3 is 2.76 bits per heavy atom. The van der Waals surface area contributed by atoms with Crippen LogP contribution in [-0.2, 0) is 0 Å². The van der Waals surface area contributed by atoms with Gasteiger partial charge in [0.15, 0.2) is 0 Å². The molecule has 0 bridgehead atoms. The predicted molar refractivity (Wildman–Crippen MR) is 146 cm³/mol. The van der Waals surface area contributed by atoms with Gasteiger partial charge in [-0.25, -0.2) is 9.97 Å². The molecular formula is C29H31N7O. The Hall–Kier alpha value is -4.17. The van der Waals surface area contributed by atoms with E-state index < -0.39 is 0 Å². The molecule has 1 aliphatic heterocycles. The van der Waals surface area contributed by atoms with Crippen molar-refractivity contribution in [2.24, 2.45) is 0 Å². The summed E-state index contributed by atoms with van der Waals surface area (Å²) in [6.45, 7) is 6.09. The smallest absolute Gasteiger partial charge is 0.255 e. The Morgan fingerprint density at radius 1 is 1.05 bits per heavy atom. The van der Waals surface area contributed by atoms with E-state index >= 15 is 0 Å². The van der Waals surface area contributed by atoms with Gasteiger partial charge in [-0.15, -0.1) is 0 Å². The van der Waals surface area contributed by atoms with E-state index in [2.05, 4.69) is 48.6 Å². The molecule has 0 saturated carbocycles. The zero-order valence-electron chi connectivity index (χ0n) is 21.4. The average Bonchev–Trinajstić information content (AvgIpc) is 2.91. The predicted octanol–water partition coefficient (Wildman–Crippen LogP) is 5.36. The zero-order valence-corrected chi connectivity index (χ0v) is 21.4. The molecule has 1 amide bonds. The third-order valence-corrected chi connectivity index (χ3v) is 6.66. The minimum Gasteiger partial charge on any atom is -0.322 e. The minimum atomic E-state index is -0.152. The SMILES string of the molecule is Cc1cc(C(=O)Nc2cnc(C)c(Nc3nccc(-c4cccnc4)n3)c2)cc(C2CCCN(C)C2)c1. The lowest BCUT2D eigenvalue weighted by atomic mass is 9.89. The van der Waals surface area contributed by atoms with Gasteiger partial charge in [-0.2, -0.15) is 0 Å². The number of hydrogen-bond donors (Lipinski definition) is 2. The monoisotopic (exact) mass is 493 g/mol. The standard InChI is InChI=1S/C29H31N7O/c1-19-12-23(22-7-5-11-36(3)18-22)14-24(13-19)28(37)33-25-15-27(20(2)32-17-25)35-29-31-10-8-26(34-29)21-6-4-9-30-16-21/h4,6,8-10,12-17,22H,5,7,11,18H2,1-3H3,(H,33,37)(H,31,34,35). The van der Waals surface area contributed by atoms with Gasteiger partial charge < -0.3 is 15.5 Å². The van der Waals surface area contributed by atoms with Gasteiger partial charge in [-0.1, -0.05) is 11.6 Å². The number of carbonyl (C=O) groups is 1. The number of likely N-dealkylation sites (tertiary alicyclic amines) is 1. The number of pyridine rings is 2. The van der Waals surface area contributed by atoms with Crippen LogP contribution in [0.25, 0.3) is 11.3 Å². The van der Waals surface area contributed by atoms with Crippen molar-refractivity contribution >= 4 is 23.2 Å². The van der Waals surface area contributed by atoms with Crippen molar-refractivity contribution in [2.75, 3.05) is 30.8 Å². The summed E-state index contributed by atoms with van der Waals surface area (Å²) in [5.74, 6) is 0.737. The molecule has 8 nitrogen and oxygen atoms in total. The maximum Gasteiger partial charge on any atom is 0.255 e. The van der Waals surface area contributed by atoms with E-state index in [4.69, 9.17) is 0 Å². The van der Waals surface area contributed by atoms with Gasteiger partial charge in [-0.05, 0) is 88.2 Å². The van der Waals surface area contributed by atoms with Crippen molar-refractivity contribution in [3.05, 3.63) is 89.6 Å². The number of carbonyl (C=O) groups excluding carboxylic acids is 1. The number of nitrogens with one attached hydrogen (secondary N) is 2. The number of aromatic nitrogens is 4.